The van der Waals surface area contributed by atoms with Gasteiger partial charge in [0.15, 0.2) is 0 Å². The molecule has 3 aromatic rings. The number of nitrogens with one attached hydrogen (secondary N) is 1. The summed E-state index contributed by atoms with van der Waals surface area (Å²) in [5, 5.41) is 3.14. The average Bonchev–Trinajstić information content (AvgIpc) is 3.02. The molecular formula is C15H11ClN4O. The molecule has 0 saturated carbocycles. The predicted molar refractivity (Wildman–Crippen MR) is 80.8 cm³/mol. The lowest BCUT2D eigenvalue weighted by atomic mass is 10.2. The first kappa shape index (κ1) is 13.3. The summed E-state index contributed by atoms with van der Waals surface area (Å²) in [6.45, 7) is 0. The van der Waals surface area contributed by atoms with E-state index in [1.165, 1.54) is 12.4 Å². The number of hydrogen-bond donors (Lipinski definition) is 1. The van der Waals surface area contributed by atoms with Crippen molar-refractivity contribution >= 4 is 23.2 Å². The standard InChI is InChI=1S/C15H11ClN4O/c16-14-9-17-5-4-13(14)15(21)19-11-2-1-3-12(8-11)20-7-6-18-10-20/h1-10H,(H,19,21). The number of rotatable bonds is 3. The number of imidazole rings is 1. The maximum atomic E-state index is 12.2. The highest BCUT2D eigenvalue weighted by Crippen LogP contribution is 2.18. The van der Waals surface area contributed by atoms with Gasteiger partial charge in [-0.3, -0.25) is 9.78 Å². The van der Waals surface area contributed by atoms with E-state index >= 15 is 0 Å². The Morgan fingerprint density at radius 3 is 2.86 bits per heavy atom. The van der Waals surface area contributed by atoms with Gasteiger partial charge in [-0.2, -0.15) is 0 Å². The Hall–Kier alpha value is -2.66. The molecule has 6 heteroatoms. The molecule has 1 aromatic carbocycles. The molecule has 0 spiro atoms. The number of anilines is 1. The third kappa shape index (κ3) is 2.93. The molecule has 3 rings (SSSR count). The molecule has 0 radical (unpaired) electrons. The molecule has 0 aliphatic heterocycles. The average molecular weight is 299 g/mol. The van der Waals surface area contributed by atoms with Crippen molar-refractivity contribution in [3.8, 4) is 5.69 Å². The molecule has 0 saturated heterocycles. The van der Waals surface area contributed by atoms with E-state index in [-0.39, 0.29) is 5.91 Å². The van der Waals surface area contributed by atoms with Crippen LogP contribution in [-0.2, 0) is 0 Å². The fraction of sp³-hybridized carbons (Fsp3) is 0. The lowest BCUT2D eigenvalue weighted by molar-refractivity contribution is 0.102. The predicted octanol–water partition coefficient (Wildman–Crippen LogP) is 3.17. The van der Waals surface area contributed by atoms with Crippen molar-refractivity contribution in [3.05, 3.63) is 72.0 Å². The molecule has 0 aliphatic rings. The Kier molecular flexibility index (Phi) is 3.66. The van der Waals surface area contributed by atoms with Gasteiger partial charge < -0.3 is 9.88 Å². The number of hydrogen-bond acceptors (Lipinski definition) is 3. The Bertz CT molecular complexity index is 771. The monoisotopic (exact) mass is 298 g/mol. The molecule has 1 N–H and O–H groups in total. The normalized spacial score (nSPS) is 10.3. The van der Waals surface area contributed by atoms with Gasteiger partial charge >= 0.3 is 0 Å². The molecule has 2 heterocycles. The maximum absolute atomic E-state index is 12.2. The molecule has 0 aliphatic carbocycles. The van der Waals surface area contributed by atoms with E-state index in [9.17, 15) is 4.79 Å². The van der Waals surface area contributed by atoms with Gasteiger partial charge in [-0.1, -0.05) is 17.7 Å². The molecule has 0 atom stereocenters. The zero-order chi connectivity index (χ0) is 14.7. The molecule has 104 valence electrons. The van der Waals surface area contributed by atoms with E-state index < -0.39 is 0 Å². The first-order valence-corrected chi connectivity index (χ1v) is 6.61. The molecule has 2 aromatic heterocycles. The van der Waals surface area contributed by atoms with Crippen LogP contribution < -0.4 is 5.32 Å². The molecular weight excluding hydrogens is 288 g/mol. The largest absolute Gasteiger partial charge is 0.322 e. The van der Waals surface area contributed by atoms with Crippen LogP contribution in [0.1, 0.15) is 10.4 Å². The van der Waals surface area contributed by atoms with Crippen molar-refractivity contribution in [2.24, 2.45) is 0 Å². The van der Waals surface area contributed by atoms with Crippen LogP contribution in [0.5, 0.6) is 0 Å². The fourth-order valence-corrected chi connectivity index (χ4v) is 2.12. The Balaban J connectivity index is 1.84. The van der Waals surface area contributed by atoms with E-state index in [4.69, 9.17) is 11.6 Å². The van der Waals surface area contributed by atoms with E-state index in [0.717, 1.165) is 5.69 Å². The summed E-state index contributed by atoms with van der Waals surface area (Å²) in [6.07, 6.45) is 8.20. The van der Waals surface area contributed by atoms with Crippen molar-refractivity contribution < 1.29 is 4.79 Å². The second-order valence-corrected chi connectivity index (χ2v) is 4.74. The number of aromatic nitrogens is 3. The highest BCUT2D eigenvalue weighted by molar-refractivity contribution is 6.34. The zero-order valence-corrected chi connectivity index (χ0v) is 11.7. The van der Waals surface area contributed by atoms with E-state index in [1.807, 2.05) is 35.0 Å². The third-order valence-electron chi connectivity index (χ3n) is 2.92. The van der Waals surface area contributed by atoms with Crippen LogP contribution >= 0.6 is 11.6 Å². The van der Waals surface area contributed by atoms with Crippen LogP contribution in [-0.4, -0.2) is 20.4 Å². The zero-order valence-electron chi connectivity index (χ0n) is 10.9. The number of nitrogens with zero attached hydrogens (tertiary/aromatic N) is 3. The lowest BCUT2D eigenvalue weighted by Crippen LogP contribution is -2.12. The third-order valence-corrected chi connectivity index (χ3v) is 3.22. The Morgan fingerprint density at radius 2 is 2.10 bits per heavy atom. The van der Waals surface area contributed by atoms with E-state index in [2.05, 4.69) is 15.3 Å². The van der Waals surface area contributed by atoms with Gasteiger partial charge in [0.2, 0.25) is 0 Å². The topological polar surface area (TPSA) is 59.8 Å². The highest BCUT2D eigenvalue weighted by Gasteiger charge is 2.10. The summed E-state index contributed by atoms with van der Waals surface area (Å²) in [5.41, 5.74) is 1.98. The summed E-state index contributed by atoms with van der Waals surface area (Å²) >= 11 is 5.96. The van der Waals surface area contributed by atoms with Gasteiger partial charge in [0.25, 0.3) is 5.91 Å². The van der Waals surface area contributed by atoms with Crippen LogP contribution in [0.2, 0.25) is 5.02 Å². The first-order chi connectivity index (χ1) is 10.2. The van der Waals surface area contributed by atoms with Crippen molar-refractivity contribution in [3.63, 3.8) is 0 Å². The van der Waals surface area contributed by atoms with Gasteiger partial charge in [-0.15, -0.1) is 0 Å². The summed E-state index contributed by atoms with van der Waals surface area (Å²) in [7, 11) is 0. The molecule has 0 unspecified atom stereocenters. The molecule has 5 nitrogen and oxygen atoms in total. The Morgan fingerprint density at radius 1 is 1.19 bits per heavy atom. The minimum atomic E-state index is -0.273. The number of pyridine rings is 1. The fourth-order valence-electron chi connectivity index (χ4n) is 1.91. The van der Waals surface area contributed by atoms with Gasteiger partial charge in [0, 0.05) is 36.2 Å². The minimum Gasteiger partial charge on any atom is -0.322 e. The number of carbonyl (C=O) groups is 1. The van der Waals surface area contributed by atoms with Gasteiger partial charge in [-0.25, -0.2) is 4.98 Å². The summed E-state index contributed by atoms with van der Waals surface area (Å²) in [4.78, 5) is 20.0. The quantitative estimate of drug-likeness (QED) is 0.808. The van der Waals surface area contributed by atoms with E-state index in [0.29, 0.717) is 16.3 Å². The minimum absolute atomic E-state index is 0.273. The van der Waals surface area contributed by atoms with Crippen LogP contribution in [0.15, 0.2) is 61.4 Å². The number of benzene rings is 1. The number of halogens is 1. The number of carbonyl (C=O) groups excluding carboxylic acids is 1. The summed E-state index contributed by atoms with van der Waals surface area (Å²) < 4.78 is 1.86. The highest BCUT2D eigenvalue weighted by atomic mass is 35.5. The van der Waals surface area contributed by atoms with Crippen LogP contribution in [0.25, 0.3) is 5.69 Å². The lowest BCUT2D eigenvalue weighted by Gasteiger charge is -2.08. The number of amides is 1. The van der Waals surface area contributed by atoms with Crippen LogP contribution in [0.3, 0.4) is 0 Å². The summed E-state index contributed by atoms with van der Waals surface area (Å²) in [6, 6.07) is 9.04. The summed E-state index contributed by atoms with van der Waals surface area (Å²) in [5.74, 6) is -0.273. The molecule has 0 fully saturated rings. The van der Waals surface area contributed by atoms with Gasteiger partial charge in [-0.05, 0) is 24.3 Å². The van der Waals surface area contributed by atoms with Crippen molar-refractivity contribution in [1.82, 2.24) is 14.5 Å². The van der Waals surface area contributed by atoms with E-state index in [1.54, 1.807) is 18.6 Å². The first-order valence-electron chi connectivity index (χ1n) is 6.23. The van der Waals surface area contributed by atoms with Gasteiger partial charge in [0.05, 0.1) is 16.9 Å². The van der Waals surface area contributed by atoms with Crippen molar-refractivity contribution in [2.75, 3.05) is 5.32 Å². The van der Waals surface area contributed by atoms with Crippen molar-refractivity contribution in [1.29, 1.82) is 0 Å². The second-order valence-electron chi connectivity index (χ2n) is 4.33. The van der Waals surface area contributed by atoms with Gasteiger partial charge in [0.1, 0.15) is 0 Å². The molecule has 0 bridgehead atoms. The molecule has 1 amide bonds. The van der Waals surface area contributed by atoms with Crippen LogP contribution in [0.4, 0.5) is 5.69 Å². The maximum Gasteiger partial charge on any atom is 0.257 e. The SMILES string of the molecule is O=C(Nc1cccc(-n2ccnc2)c1)c1ccncc1Cl. The smallest absolute Gasteiger partial charge is 0.257 e. The molecule has 21 heavy (non-hydrogen) atoms. The second kappa shape index (κ2) is 5.76. The Labute approximate surface area is 126 Å². The van der Waals surface area contributed by atoms with Crippen molar-refractivity contribution in [2.45, 2.75) is 0 Å². The van der Waals surface area contributed by atoms with Crippen LogP contribution in [0, 0.1) is 0 Å².